The van der Waals surface area contributed by atoms with Crippen molar-refractivity contribution < 1.29 is 9.53 Å². The number of hydrogen-bond donors (Lipinski definition) is 2. The maximum Gasteiger partial charge on any atom is 0.319 e. The SMILES string of the molecule is CCO[C@H]1C[C@@H](NC(=O)Nc2c(C)nn(C(C)C)c2C)C12CCC2. The van der Waals surface area contributed by atoms with Crippen LogP contribution in [0.25, 0.3) is 0 Å². The standard InChI is InChI=1S/C18H30N4O2/c1-6-24-15-10-14(18(15)8-7-9-18)19-17(23)20-16-12(4)21-22(11(2)3)13(16)5/h11,14-15H,6-10H2,1-5H3,(H2,19,20,23)/t14-,15+/m1/s1. The Morgan fingerprint density at radius 3 is 2.62 bits per heavy atom. The van der Waals surface area contributed by atoms with Crippen LogP contribution in [0.3, 0.4) is 0 Å². The highest BCUT2D eigenvalue weighted by atomic mass is 16.5. The highest BCUT2D eigenvalue weighted by molar-refractivity contribution is 5.90. The minimum atomic E-state index is -0.129. The third-order valence-electron chi connectivity index (χ3n) is 5.80. The number of aryl methyl sites for hydroxylation is 1. The highest BCUT2D eigenvalue weighted by Crippen LogP contribution is 2.57. The number of ether oxygens (including phenoxy) is 1. The molecule has 2 N–H and O–H groups in total. The van der Waals surface area contributed by atoms with Crippen molar-refractivity contribution in [2.45, 2.75) is 78.5 Å². The third-order valence-corrected chi connectivity index (χ3v) is 5.80. The number of urea groups is 1. The van der Waals surface area contributed by atoms with Gasteiger partial charge in [0.25, 0.3) is 0 Å². The van der Waals surface area contributed by atoms with Gasteiger partial charge in [0.2, 0.25) is 0 Å². The topological polar surface area (TPSA) is 68.2 Å². The van der Waals surface area contributed by atoms with Gasteiger partial charge in [0.15, 0.2) is 0 Å². The summed E-state index contributed by atoms with van der Waals surface area (Å²) < 4.78 is 7.80. The second-order valence-corrected chi connectivity index (χ2v) is 7.50. The normalized spacial score (nSPS) is 24.6. The Morgan fingerprint density at radius 1 is 1.42 bits per heavy atom. The molecular weight excluding hydrogens is 304 g/mol. The zero-order valence-corrected chi connectivity index (χ0v) is 15.5. The highest BCUT2D eigenvalue weighted by Gasteiger charge is 2.59. The van der Waals surface area contributed by atoms with Crippen molar-refractivity contribution in [3.05, 3.63) is 11.4 Å². The molecule has 2 fully saturated rings. The molecule has 0 unspecified atom stereocenters. The first kappa shape index (κ1) is 17.3. The summed E-state index contributed by atoms with van der Waals surface area (Å²) in [5.41, 5.74) is 2.86. The molecule has 1 spiro atoms. The molecule has 2 aliphatic rings. The van der Waals surface area contributed by atoms with Crippen molar-refractivity contribution in [3.63, 3.8) is 0 Å². The van der Waals surface area contributed by atoms with Crippen molar-refractivity contribution in [1.82, 2.24) is 15.1 Å². The van der Waals surface area contributed by atoms with E-state index in [0.29, 0.717) is 6.10 Å². The largest absolute Gasteiger partial charge is 0.378 e. The van der Waals surface area contributed by atoms with Crippen molar-refractivity contribution in [2.24, 2.45) is 5.41 Å². The molecule has 0 radical (unpaired) electrons. The van der Waals surface area contributed by atoms with Crippen LogP contribution in [-0.4, -0.2) is 34.6 Å². The van der Waals surface area contributed by atoms with Crippen LogP contribution >= 0.6 is 0 Å². The lowest BCUT2D eigenvalue weighted by Gasteiger charge is -2.60. The second kappa shape index (κ2) is 6.39. The molecule has 2 aliphatic carbocycles. The van der Waals surface area contributed by atoms with E-state index in [9.17, 15) is 4.79 Å². The summed E-state index contributed by atoms with van der Waals surface area (Å²) in [4.78, 5) is 12.5. The maximum absolute atomic E-state index is 12.5. The smallest absolute Gasteiger partial charge is 0.319 e. The van der Waals surface area contributed by atoms with Crippen LogP contribution in [-0.2, 0) is 4.74 Å². The molecule has 2 atom stereocenters. The van der Waals surface area contributed by atoms with E-state index in [1.807, 2.05) is 25.5 Å². The van der Waals surface area contributed by atoms with Gasteiger partial charge in [-0.25, -0.2) is 4.79 Å². The number of amides is 2. The van der Waals surface area contributed by atoms with Crippen LogP contribution < -0.4 is 10.6 Å². The van der Waals surface area contributed by atoms with Gasteiger partial charge < -0.3 is 15.4 Å². The molecule has 134 valence electrons. The Morgan fingerprint density at radius 2 is 2.12 bits per heavy atom. The lowest BCUT2D eigenvalue weighted by molar-refractivity contribution is -0.169. The fraction of sp³-hybridized carbons (Fsp3) is 0.778. The molecule has 6 heteroatoms. The average Bonchev–Trinajstić information content (AvgIpc) is 2.72. The number of nitrogens with one attached hydrogen (secondary N) is 2. The van der Waals surface area contributed by atoms with Gasteiger partial charge in [-0.3, -0.25) is 4.68 Å². The number of nitrogens with zero attached hydrogens (tertiary/aromatic N) is 2. The minimum absolute atomic E-state index is 0.129. The van der Waals surface area contributed by atoms with Crippen LogP contribution in [0.4, 0.5) is 10.5 Å². The third kappa shape index (κ3) is 2.70. The molecule has 2 amide bonds. The van der Waals surface area contributed by atoms with Gasteiger partial charge in [0.05, 0.1) is 23.2 Å². The zero-order chi connectivity index (χ0) is 17.5. The number of anilines is 1. The number of aromatic nitrogens is 2. The van der Waals surface area contributed by atoms with Gasteiger partial charge in [0, 0.05) is 24.1 Å². The van der Waals surface area contributed by atoms with Crippen LogP contribution in [0.5, 0.6) is 0 Å². The van der Waals surface area contributed by atoms with E-state index in [4.69, 9.17) is 4.74 Å². The molecule has 0 aromatic carbocycles. The first-order valence-corrected chi connectivity index (χ1v) is 9.14. The van der Waals surface area contributed by atoms with E-state index in [-0.39, 0.29) is 23.5 Å². The Bertz CT molecular complexity index is 619. The van der Waals surface area contributed by atoms with Crippen molar-refractivity contribution in [3.8, 4) is 0 Å². The average molecular weight is 334 g/mol. The van der Waals surface area contributed by atoms with Gasteiger partial charge in [-0.15, -0.1) is 0 Å². The fourth-order valence-corrected chi connectivity index (χ4v) is 4.30. The lowest BCUT2D eigenvalue weighted by Crippen LogP contribution is -2.68. The van der Waals surface area contributed by atoms with Crippen molar-refractivity contribution >= 4 is 11.7 Å². The lowest BCUT2D eigenvalue weighted by atomic mass is 9.51. The van der Waals surface area contributed by atoms with Gasteiger partial charge in [0.1, 0.15) is 0 Å². The van der Waals surface area contributed by atoms with E-state index < -0.39 is 0 Å². The van der Waals surface area contributed by atoms with Crippen LogP contribution in [0.2, 0.25) is 0 Å². The van der Waals surface area contributed by atoms with E-state index in [2.05, 4.69) is 29.6 Å². The van der Waals surface area contributed by atoms with E-state index in [0.717, 1.165) is 42.9 Å². The molecule has 0 aliphatic heterocycles. The predicted molar refractivity (Wildman–Crippen MR) is 94.3 cm³/mol. The molecule has 24 heavy (non-hydrogen) atoms. The number of carbonyl (C=O) groups is 1. The van der Waals surface area contributed by atoms with Crippen LogP contribution in [0.15, 0.2) is 0 Å². The Labute approximate surface area is 144 Å². The molecular formula is C18H30N4O2. The molecule has 2 saturated carbocycles. The molecule has 6 nitrogen and oxygen atoms in total. The molecule has 0 bridgehead atoms. The van der Waals surface area contributed by atoms with Gasteiger partial charge >= 0.3 is 6.03 Å². The first-order chi connectivity index (χ1) is 11.4. The Kier molecular flexibility index (Phi) is 4.60. The van der Waals surface area contributed by atoms with Gasteiger partial charge in [-0.05, 0) is 53.9 Å². The predicted octanol–water partition coefficient (Wildman–Crippen LogP) is 3.55. The number of rotatable bonds is 5. The number of carbonyl (C=O) groups excluding carboxylic acids is 1. The van der Waals surface area contributed by atoms with Gasteiger partial charge in [-0.1, -0.05) is 6.42 Å². The second-order valence-electron chi connectivity index (χ2n) is 7.50. The molecule has 1 aromatic heterocycles. The minimum Gasteiger partial charge on any atom is -0.378 e. The summed E-state index contributed by atoms with van der Waals surface area (Å²) in [5.74, 6) is 0. The Balaban J connectivity index is 1.63. The first-order valence-electron chi connectivity index (χ1n) is 9.14. The summed E-state index contributed by atoms with van der Waals surface area (Å²) in [6.45, 7) is 10.9. The molecule has 1 aromatic rings. The number of hydrogen-bond acceptors (Lipinski definition) is 3. The molecule has 3 rings (SSSR count). The monoisotopic (exact) mass is 334 g/mol. The zero-order valence-electron chi connectivity index (χ0n) is 15.5. The van der Waals surface area contributed by atoms with E-state index in [1.165, 1.54) is 6.42 Å². The summed E-state index contributed by atoms with van der Waals surface area (Å²) in [6.07, 6.45) is 4.79. The summed E-state index contributed by atoms with van der Waals surface area (Å²) in [5, 5.41) is 10.7. The molecule has 0 saturated heterocycles. The summed E-state index contributed by atoms with van der Waals surface area (Å²) >= 11 is 0. The van der Waals surface area contributed by atoms with Crippen LogP contribution in [0, 0.1) is 19.3 Å². The van der Waals surface area contributed by atoms with Gasteiger partial charge in [-0.2, -0.15) is 5.10 Å². The molecule has 1 heterocycles. The quantitative estimate of drug-likeness (QED) is 0.865. The van der Waals surface area contributed by atoms with Crippen LogP contribution in [0.1, 0.15) is 63.9 Å². The summed E-state index contributed by atoms with van der Waals surface area (Å²) in [6, 6.07) is 0.374. The Hall–Kier alpha value is -1.56. The van der Waals surface area contributed by atoms with Crippen molar-refractivity contribution in [2.75, 3.05) is 11.9 Å². The fourth-order valence-electron chi connectivity index (χ4n) is 4.30. The van der Waals surface area contributed by atoms with E-state index in [1.54, 1.807) is 0 Å². The maximum atomic E-state index is 12.5. The summed E-state index contributed by atoms with van der Waals surface area (Å²) in [7, 11) is 0. The van der Waals surface area contributed by atoms with Crippen molar-refractivity contribution in [1.29, 1.82) is 0 Å². The van der Waals surface area contributed by atoms with E-state index >= 15 is 0 Å².